The summed E-state index contributed by atoms with van der Waals surface area (Å²) in [6.07, 6.45) is -1.39. The fourth-order valence-electron chi connectivity index (χ4n) is 2.40. The number of alkyl halides is 3. The van der Waals surface area contributed by atoms with Crippen molar-refractivity contribution in [2.24, 2.45) is 7.05 Å². The molecule has 9 heteroatoms. The molecule has 0 fully saturated rings. The number of aryl methyl sites for hydroxylation is 1. The molecule has 0 bridgehead atoms. The number of halogens is 3. The number of nitrogens with zero attached hydrogens (tertiary/aromatic N) is 4. The van der Waals surface area contributed by atoms with Crippen molar-refractivity contribution in [3.8, 4) is 22.5 Å². The SMILES string of the molecule is Cn1cncc1-c1c(N)nc(N)nc1-c1cccc(C(F)(F)F)c1. The highest BCUT2D eigenvalue weighted by Crippen LogP contribution is 2.37. The molecule has 24 heavy (non-hydrogen) atoms. The van der Waals surface area contributed by atoms with Gasteiger partial charge in [0.15, 0.2) is 0 Å². The Hall–Kier alpha value is -3.10. The molecule has 6 nitrogen and oxygen atoms in total. The van der Waals surface area contributed by atoms with Crippen molar-refractivity contribution in [2.75, 3.05) is 11.5 Å². The number of hydrogen-bond donors (Lipinski definition) is 2. The predicted octanol–water partition coefficient (Wildman–Crippen LogP) is 2.73. The Bertz CT molecular complexity index is 900. The summed E-state index contributed by atoms with van der Waals surface area (Å²) in [4.78, 5) is 12.0. The third kappa shape index (κ3) is 2.75. The summed E-state index contributed by atoms with van der Waals surface area (Å²) < 4.78 is 40.6. The van der Waals surface area contributed by atoms with E-state index in [1.165, 1.54) is 18.3 Å². The van der Waals surface area contributed by atoms with E-state index in [1.54, 1.807) is 17.9 Å². The van der Waals surface area contributed by atoms with Gasteiger partial charge in [0.2, 0.25) is 5.95 Å². The highest BCUT2D eigenvalue weighted by Gasteiger charge is 2.31. The van der Waals surface area contributed by atoms with Crippen molar-refractivity contribution < 1.29 is 13.2 Å². The monoisotopic (exact) mass is 334 g/mol. The molecule has 0 radical (unpaired) electrons. The molecular weight excluding hydrogens is 321 g/mol. The van der Waals surface area contributed by atoms with Crippen molar-refractivity contribution in [1.29, 1.82) is 0 Å². The molecule has 0 aliphatic heterocycles. The number of rotatable bonds is 2. The molecule has 0 aliphatic rings. The van der Waals surface area contributed by atoms with Crippen molar-refractivity contribution in [2.45, 2.75) is 6.18 Å². The van der Waals surface area contributed by atoms with Gasteiger partial charge in [-0.05, 0) is 12.1 Å². The highest BCUT2D eigenvalue weighted by atomic mass is 19.4. The molecule has 124 valence electrons. The van der Waals surface area contributed by atoms with Gasteiger partial charge in [0.1, 0.15) is 5.82 Å². The van der Waals surface area contributed by atoms with Crippen molar-refractivity contribution >= 4 is 11.8 Å². The van der Waals surface area contributed by atoms with Gasteiger partial charge in [0.05, 0.1) is 35.0 Å². The number of aromatic nitrogens is 4. The van der Waals surface area contributed by atoms with Crippen LogP contribution in [0.3, 0.4) is 0 Å². The van der Waals surface area contributed by atoms with Gasteiger partial charge >= 0.3 is 6.18 Å². The van der Waals surface area contributed by atoms with Crippen LogP contribution in [0.5, 0.6) is 0 Å². The van der Waals surface area contributed by atoms with E-state index in [0.717, 1.165) is 12.1 Å². The van der Waals surface area contributed by atoms with Crippen molar-refractivity contribution in [3.05, 3.63) is 42.4 Å². The fraction of sp³-hybridized carbons (Fsp3) is 0.133. The zero-order valence-corrected chi connectivity index (χ0v) is 12.5. The molecular formula is C15H13F3N6. The Morgan fingerprint density at radius 1 is 1.12 bits per heavy atom. The Morgan fingerprint density at radius 3 is 2.50 bits per heavy atom. The van der Waals surface area contributed by atoms with E-state index < -0.39 is 11.7 Å². The van der Waals surface area contributed by atoms with Gasteiger partial charge in [0, 0.05) is 12.6 Å². The zero-order valence-electron chi connectivity index (χ0n) is 12.5. The van der Waals surface area contributed by atoms with E-state index in [0.29, 0.717) is 11.3 Å². The largest absolute Gasteiger partial charge is 0.416 e. The Labute approximate surface area is 135 Å². The molecule has 3 rings (SSSR count). The standard InChI is InChI=1S/C15H13F3N6/c1-24-7-21-6-10(24)11-12(22-14(20)23-13(11)19)8-3-2-4-9(5-8)15(16,17)18/h2-7H,1H3,(H4,19,20,22,23). The number of hydrogen-bond acceptors (Lipinski definition) is 5. The van der Waals surface area contributed by atoms with Gasteiger partial charge in [-0.15, -0.1) is 0 Å². The van der Waals surface area contributed by atoms with Crippen LogP contribution in [0.25, 0.3) is 22.5 Å². The van der Waals surface area contributed by atoms with Crippen LogP contribution in [0.15, 0.2) is 36.8 Å². The van der Waals surface area contributed by atoms with Crippen molar-refractivity contribution in [1.82, 2.24) is 19.5 Å². The van der Waals surface area contributed by atoms with E-state index >= 15 is 0 Å². The molecule has 2 heterocycles. The van der Waals surface area contributed by atoms with Crippen LogP contribution in [-0.2, 0) is 13.2 Å². The van der Waals surface area contributed by atoms with Crippen LogP contribution < -0.4 is 11.5 Å². The summed E-state index contributed by atoms with van der Waals surface area (Å²) in [5.74, 6) is -0.0515. The molecule has 0 unspecified atom stereocenters. The second-order valence-electron chi connectivity index (χ2n) is 5.16. The average molecular weight is 334 g/mol. The lowest BCUT2D eigenvalue weighted by Crippen LogP contribution is -2.07. The summed E-state index contributed by atoms with van der Waals surface area (Å²) in [7, 11) is 1.73. The number of nitrogens with two attached hydrogens (primary N) is 2. The molecule has 4 N–H and O–H groups in total. The average Bonchev–Trinajstić information content (AvgIpc) is 2.91. The van der Waals surface area contributed by atoms with Gasteiger partial charge in [-0.3, -0.25) is 0 Å². The van der Waals surface area contributed by atoms with E-state index in [2.05, 4.69) is 15.0 Å². The van der Waals surface area contributed by atoms with E-state index in [9.17, 15) is 13.2 Å². The first-order valence-electron chi connectivity index (χ1n) is 6.84. The molecule has 1 aromatic carbocycles. The molecule has 0 atom stereocenters. The topological polar surface area (TPSA) is 95.6 Å². The first-order valence-corrected chi connectivity index (χ1v) is 6.84. The van der Waals surface area contributed by atoms with E-state index in [1.807, 2.05) is 0 Å². The molecule has 0 saturated heterocycles. The predicted molar refractivity (Wildman–Crippen MR) is 83.5 cm³/mol. The summed E-state index contributed by atoms with van der Waals surface area (Å²) in [5.41, 5.74) is 12.2. The normalized spacial score (nSPS) is 11.7. The minimum absolute atomic E-state index is 0.0681. The Kier molecular flexibility index (Phi) is 3.63. The maximum atomic E-state index is 13.0. The lowest BCUT2D eigenvalue weighted by Gasteiger charge is -2.14. The van der Waals surface area contributed by atoms with Crippen LogP contribution in [0.4, 0.5) is 24.9 Å². The van der Waals surface area contributed by atoms with Gasteiger partial charge in [-0.25, -0.2) is 9.97 Å². The Morgan fingerprint density at radius 2 is 1.88 bits per heavy atom. The number of imidazole rings is 1. The number of nitrogen functional groups attached to an aromatic ring is 2. The van der Waals surface area contributed by atoms with Crippen LogP contribution in [0.1, 0.15) is 5.56 Å². The smallest absolute Gasteiger partial charge is 0.383 e. The quantitative estimate of drug-likeness (QED) is 0.751. The molecule has 0 amide bonds. The van der Waals surface area contributed by atoms with Crippen LogP contribution in [0, 0.1) is 0 Å². The van der Waals surface area contributed by atoms with Gasteiger partial charge in [-0.1, -0.05) is 12.1 Å². The van der Waals surface area contributed by atoms with Crippen molar-refractivity contribution in [3.63, 3.8) is 0 Å². The second-order valence-corrected chi connectivity index (χ2v) is 5.16. The molecule has 0 spiro atoms. The minimum atomic E-state index is -4.47. The number of benzene rings is 1. The lowest BCUT2D eigenvalue weighted by molar-refractivity contribution is -0.137. The van der Waals surface area contributed by atoms with Gasteiger partial charge < -0.3 is 16.0 Å². The number of anilines is 2. The zero-order chi connectivity index (χ0) is 17.5. The summed E-state index contributed by atoms with van der Waals surface area (Å²) in [6, 6.07) is 4.80. The second kappa shape index (κ2) is 5.52. The highest BCUT2D eigenvalue weighted by molar-refractivity contribution is 5.86. The first kappa shape index (κ1) is 15.8. The van der Waals surface area contributed by atoms with E-state index in [4.69, 9.17) is 11.5 Å². The maximum Gasteiger partial charge on any atom is 0.416 e. The van der Waals surface area contributed by atoms with Crippen LogP contribution in [0.2, 0.25) is 0 Å². The summed E-state index contributed by atoms with van der Waals surface area (Å²) >= 11 is 0. The maximum absolute atomic E-state index is 13.0. The molecule has 0 saturated carbocycles. The summed E-state index contributed by atoms with van der Waals surface area (Å²) in [6.45, 7) is 0. The lowest BCUT2D eigenvalue weighted by atomic mass is 10.0. The third-order valence-corrected chi connectivity index (χ3v) is 3.49. The fourth-order valence-corrected chi connectivity index (χ4v) is 2.40. The van der Waals surface area contributed by atoms with Crippen LogP contribution in [-0.4, -0.2) is 19.5 Å². The first-order chi connectivity index (χ1) is 11.3. The molecule has 0 aliphatic carbocycles. The van der Waals surface area contributed by atoms with Crippen LogP contribution >= 0.6 is 0 Å². The molecule has 2 aromatic heterocycles. The molecule has 3 aromatic rings. The summed E-state index contributed by atoms with van der Waals surface area (Å²) in [5, 5.41) is 0. The van der Waals surface area contributed by atoms with Gasteiger partial charge in [-0.2, -0.15) is 18.2 Å². The van der Waals surface area contributed by atoms with E-state index in [-0.39, 0.29) is 23.0 Å². The minimum Gasteiger partial charge on any atom is -0.383 e. The van der Waals surface area contributed by atoms with Gasteiger partial charge in [0.25, 0.3) is 0 Å². The Balaban J connectivity index is 2.27. The third-order valence-electron chi connectivity index (χ3n) is 3.49.